The zero-order valence-electron chi connectivity index (χ0n) is 15.9. The summed E-state index contributed by atoms with van der Waals surface area (Å²) in [6.07, 6.45) is 3.44. The molecule has 11 heteroatoms. The number of nitrogens with zero attached hydrogens (tertiary/aromatic N) is 2. The van der Waals surface area contributed by atoms with Crippen LogP contribution in [-0.2, 0) is 23.4 Å². The van der Waals surface area contributed by atoms with Crippen molar-refractivity contribution in [3.05, 3.63) is 46.2 Å². The molecule has 0 spiro atoms. The summed E-state index contributed by atoms with van der Waals surface area (Å²) in [6.45, 7) is 13.3. The number of allylic oxidation sites excluding steroid dienone is 5. The van der Waals surface area contributed by atoms with Gasteiger partial charge >= 0.3 is 35.5 Å². The minimum atomic E-state index is -4.72. The second-order valence-corrected chi connectivity index (χ2v) is 6.47. The first-order valence-electron chi connectivity index (χ1n) is 7.88. The standard InChI is InChI=1S/C16H23N2O7P.Na/c1-5-24-16(19)15(17-4)14-10-12(2)18(13(3)11-14)6-7-23-8-9-25-26(20,21)22;/h10-11H,5-9H2,1-3H3,(H2,20,21,22);/q;+1/p-1. The number of hydrogen-bond acceptors (Lipinski definition) is 7. The van der Waals surface area contributed by atoms with E-state index in [0.29, 0.717) is 18.7 Å². The molecule has 144 valence electrons. The Hall–Kier alpha value is -0.950. The van der Waals surface area contributed by atoms with Gasteiger partial charge in [-0.15, -0.1) is 0 Å². The molecule has 0 saturated carbocycles. The van der Waals surface area contributed by atoms with Crippen LogP contribution in [0.2, 0.25) is 0 Å². The van der Waals surface area contributed by atoms with E-state index in [-0.39, 0.29) is 55.1 Å². The Bertz CT molecular complexity index is 684. The molecule has 0 saturated heterocycles. The summed E-state index contributed by atoms with van der Waals surface area (Å²) in [5.74, 6) is -0.651. The topological polar surface area (TPSA) is 113 Å². The molecule has 1 aliphatic rings. The van der Waals surface area contributed by atoms with Crippen molar-refractivity contribution in [1.29, 1.82) is 0 Å². The van der Waals surface area contributed by atoms with E-state index in [1.54, 1.807) is 19.1 Å². The largest absolute Gasteiger partial charge is 1.00 e. The summed E-state index contributed by atoms with van der Waals surface area (Å²) >= 11 is 0. The van der Waals surface area contributed by atoms with E-state index >= 15 is 0 Å². The smallest absolute Gasteiger partial charge is 0.756 e. The summed E-state index contributed by atoms with van der Waals surface area (Å²) in [5.41, 5.74) is 2.08. The molecule has 0 amide bonds. The molecule has 1 aliphatic heterocycles. The van der Waals surface area contributed by atoms with Gasteiger partial charge < -0.3 is 28.7 Å². The first kappa shape index (κ1) is 26.1. The van der Waals surface area contributed by atoms with Gasteiger partial charge in [0.1, 0.15) is 0 Å². The number of carbonyl (C=O) groups excluding carboxylic acids is 1. The first-order valence-corrected chi connectivity index (χ1v) is 9.38. The van der Waals surface area contributed by atoms with Crippen molar-refractivity contribution < 1.29 is 62.7 Å². The van der Waals surface area contributed by atoms with Crippen LogP contribution in [0.5, 0.6) is 0 Å². The summed E-state index contributed by atoms with van der Waals surface area (Å²) in [4.78, 5) is 35.9. The van der Waals surface area contributed by atoms with Crippen LogP contribution in [0, 0.1) is 6.57 Å². The Morgan fingerprint density at radius 2 is 1.89 bits per heavy atom. The summed E-state index contributed by atoms with van der Waals surface area (Å²) in [5, 5.41) is 0. The average Bonchev–Trinajstić information content (AvgIpc) is 2.52. The normalized spacial score (nSPS) is 15.7. The Kier molecular flexibility index (Phi) is 12.1. The first-order chi connectivity index (χ1) is 12.2. The third-order valence-corrected chi connectivity index (χ3v) is 3.88. The van der Waals surface area contributed by atoms with E-state index in [1.165, 1.54) is 0 Å². The molecule has 1 heterocycles. The number of phosphoric ester groups is 1. The van der Waals surface area contributed by atoms with Gasteiger partial charge in [0, 0.05) is 17.9 Å². The van der Waals surface area contributed by atoms with Crippen LogP contribution in [0.3, 0.4) is 0 Å². The van der Waals surface area contributed by atoms with Gasteiger partial charge in [0.15, 0.2) is 0 Å². The maximum atomic E-state index is 11.9. The van der Waals surface area contributed by atoms with Crippen LogP contribution < -0.4 is 34.5 Å². The molecule has 9 nitrogen and oxygen atoms in total. The molecule has 1 atom stereocenters. The van der Waals surface area contributed by atoms with Crippen molar-refractivity contribution in [1.82, 2.24) is 4.90 Å². The van der Waals surface area contributed by atoms with Crippen molar-refractivity contribution >= 4 is 13.8 Å². The van der Waals surface area contributed by atoms with E-state index in [2.05, 4.69) is 9.37 Å². The van der Waals surface area contributed by atoms with E-state index in [9.17, 15) is 14.3 Å². The molecule has 0 aliphatic carbocycles. The number of phosphoric acid groups is 1. The molecular formula is C16H22N2NaO7P. The molecule has 1 unspecified atom stereocenters. The van der Waals surface area contributed by atoms with E-state index in [0.717, 1.165) is 11.4 Å². The van der Waals surface area contributed by atoms with Gasteiger partial charge in [0.05, 0.1) is 33.0 Å². The van der Waals surface area contributed by atoms with E-state index < -0.39 is 13.8 Å². The van der Waals surface area contributed by atoms with Crippen molar-refractivity contribution in [2.24, 2.45) is 0 Å². The predicted octanol–water partition coefficient (Wildman–Crippen LogP) is -1.66. The predicted molar refractivity (Wildman–Crippen MR) is 91.1 cm³/mol. The average molecular weight is 408 g/mol. The minimum Gasteiger partial charge on any atom is -0.756 e. The van der Waals surface area contributed by atoms with Gasteiger partial charge in [-0.3, -0.25) is 9.36 Å². The third-order valence-electron chi connectivity index (χ3n) is 3.38. The minimum absolute atomic E-state index is 0. The van der Waals surface area contributed by atoms with E-state index in [1.807, 2.05) is 18.7 Å². The molecule has 0 aromatic rings. The fourth-order valence-electron chi connectivity index (χ4n) is 2.31. The third kappa shape index (κ3) is 9.19. The van der Waals surface area contributed by atoms with Gasteiger partial charge in [-0.1, -0.05) is 0 Å². The maximum Gasteiger partial charge on any atom is 1.00 e. The van der Waals surface area contributed by atoms with Crippen LogP contribution >= 0.6 is 7.82 Å². The molecule has 0 fully saturated rings. The van der Waals surface area contributed by atoms with Gasteiger partial charge in [-0.25, -0.2) is 4.85 Å². The quantitative estimate of drug-likeness (QED) is 0.121. The van der Waals surface area contributed by atoms with Crippen LogP contribution in [-0.4, -0.2) is 48.7 Å². The second kappa shape index (κ2) is 12.5. The molecule has 0 radical (unpaired) electrons. The molecule has 1 rings (SSSR count). The molecule has 27 heavy (non-hydrogen) atoms. The van der Waals surface area contributed by atoms with Crippen LogP contribution in [0.15, 0.2) is 34.8 Å². The van der Waals surface area contributed by atoms with Crippen molar-refractivity contribution in [2.75, 3.05) is 33.0 Å². The zero-order chi connectivity index (χ0) is 19.7. The fourth-order valence-corrected chi connectivity index (χ4v) is 2.62. The Balaban J connectivity index is 0.00000676. The number of carbonyl (C=O) groups is 1. The van der Waals surface area contributed by atoms with Crippen molar-refractivity contribution in [2.45, 2.75) is 20.8 Å². The van der Waals surface area contributed by atoms with Gasteiger partial charge in [0.25, 0.3) is 13.5 Å². The van der Waals surface area contributed by atoms with Crippen LogP contribution in [0.1, 0.15) is 20.8 Å². The molecule has 1 N–H and O–H groups in total. The van der Waals surface area contributed by atoms with Gasteiger partial charge in [-0.05, 0) is 38.5 Å². The zero-order valence-corrected chi connectivity index (χ0v) is 18.8. The number of rotatable bonds is 9. The van der Waals surface area contributed by atoms with Crippen molar-refractivity contribution in [3.63, 3.8) is 0 Å². The SMILES string of the molecule is [C-]#[N+]C(C(=O)OCC)=C1C=C(C)N(CCOCCOP(=O)([O-])O)C(C)=C1.[Na+]. The summed E-state index contributed by atoms with van der Waals surface area (Å²) < 4.78 is 24.8. The summed E-state index contributed by atoms with van der Waals surface area (Å²) in [7, 11) is -4.72. The van der Waals surface area contributed by atoms with Gasteiger partial charge in [-0.2, -0.15) is 0 Å². The van der Waals surface area contributed by atoms with Crippen molar-refractivity contribution in [3.8, 4) is 0 Å². The fraction of sp³-hybridized carbons (Fsp3) is 0.500. The molecular weight excluding hydrogens is 386 g/mol. The van der Waals surface area contributed by atoms with Crippen LogP contribution in [0.25, 0.3) is 4.85 Å². The van der Waals surface area contributed by atoms with Crippen LogP contribution in [0.4, 0.5) is 0 Å². The molecule has 0 aromatic carbocycles. The van der Waals surface area contributed by atoms with E-state index in [4.69, 9.17) is 20.9 Å². The summed E-state index contributed by atoms with van der Waals surface area (Å²) in [6, 6.07) is 0. The Morgan fingerprint density at radius 3 is 2.37 bits per heavy atom. The maximum absolute atomic E-state index is 11.9. The molecule has 0 aromatic heterocycles. The Labute approximate surface area is 181 Å². The second-order valence-electron chi connectivity index (χ2n) is 5.27. The monoisotopic (exact) mass is 408 g/mol. The van der Waals surface area contributed by atoms with Gasteiger partial charge in [0.2, 0.25) is 0 Å². The number of hydrogen-bond donors (Lipinski definition) is 1. The number of esters is 1. The molecule has 0 bridgehead atoms. The number of ether oxygens (including phenoxy) is 2. The Morgan fingerprint density at radius 1 is 1.30 bits per heavy atom.